The summed E-state index contributed by atoms with van der Waals surface area (Å²) in [6.07, 6.45) is 0.771. The maximum absolute atomic E-state index is 12.4. The molecule has 0 spiro atoms. The van der Waals surface area contributed by atoms with Crippen LogP contribution in [0, 0.1) is 0 Å². The van der Waals surface area contributed by atoms with Gasteiger partial charge in [0.25, 0.3) is 5.91 Å². The van der Waals surface area contributed by atoms with Crippen LogP contribution in [0.2, 0.25) is 0 Å². The van der Waals surface area contributed by atoms with E-state index in [9.17, 15) is 14.7 Å². The van der Waals surface area contributed by atoms with Crippen molar-refractivity contribution in [3.63, 3.8) is 0 Å². The molecule has 2 unspecified atom stereocenters. The van der Waals surface area contributed by atoms with Crippen LogP contribution in [0.1, 0.15) is 16.8 Å². The van der Waals surface area contributed by atoms with Crippen LogP contribution in [0.3, 0.4) is 0 Å². The number of rotatable bonds is 3. The van der Waals surface area contributed by atoms with E-state index in [0.29, 0.717) is 11.4 Å². The zero-order valence-electron chi connectivity index (χ0n) is 11.4. The molecule has 1 aliphatic heterocycles. The zero-order valence-corrected chi connectivity index (χ0v) is 11.4. The first kappa shape index (κ1) is 14.3. The lowest BCUT2D eigenvalue weighted by Crippen LogP contribution is -2.40. The maximum atomic E-state index is 12.4. The van der Waals surface area contributed by atoms with Crippen molar-refractivity contribution in [1.29, 1.82) is 0 Å². The number of carbonyl (C=O) groups is 2. The Morgan fingerprint density at radius 1 is 1.45 bits per heavy atom. The lowest BCUT2D eigenvalue weighted by Gasteiger charge is -2.21. The van der Waals surface area contributed by atoms with E-state index in [1.54, 1.807) is 31.1 Å². The molecule has 0 radical (unpaired) electrons. The van der Waals surface area contributed by atoms with Crippen molar-refractivity contribution in [2.75, 3.05) is 25.5 Å². The molecule has 2 rings (SSSR count). The quantitative estimate of drug-likeness (QED) is 0.796. The molecular formula is C13H17N3O4. The van der Waals surface area contributed by atoms with E-state index < -0.39 is 24.0 Å². The minimum Gasteiger partial charge on any atom is -0.480 e. The third kappa shape index (κ3) is 2.72. The zero-order chi connectivity index (χ0) is 14.9. The lowest BCUT2D eigenvalue weighted by molar-refractivity contribution is -0.141. The minimum absolute atomic E-state index is 0.0371. The van der Waals surface area contributed by atoms with Crippen molar-refractivity contribution in [2.24, 2.45) is 0 Å². The van der Waals surface area contributed by atoms with Gasteiger partial charge in [0.2, 0.25) is 0 Å². The van der Waals surface area contributed by atoms with Crippen LogP contribution >= 0.6 is 0 Å². The summed E-state index contributed by atoms with van der Waals surface area (Å²) in [7, 11) is 3.60. The predicted molar refractivity (Wildman–Crippen MR) is 71.6 cm³/mol. The summed E-state index contributed by atoms with van der Waals surface area (Å²) in [5, 5.41) is 18.7. The van der Waals surface area contributed by atoms with Gasteiger partial charge in [-0.25, -0.2) is 9.78 Å². The number of pyridine rings is 1. The van der Waals surface area contributed by atoms with Crippen LogP contribution in [0.5, 0.6) is 0 Å². The second-order valence-electron chi connectivity index (χ2n) is 5.00. The first-order chi connectivity index (χ1) is 9.40. The van der Waals surface area contributed by atoms with E-state index in [0.717, 1.165) is 0 Å². The largest absolute Gasteiger partial charge is 0.480 e. The third-order valence-electron chi connectivity index (χ3n) is 3.28. The van der Waals surface area contributed by atoms with E-state index in [2.05, 4.69) is 4.98 Å². The number of aromatic nitrogens is 1. The number of aliphatic carboxylic acids is 1. The average Bonchev–Trinajstić information content (AvgIpc) is 2.80. The molecule has 1 aromatic heterocycles. The Morgan fingerprint density at radius 2 is 2.15 bits per heavy atom. The number of anilines is 1. The number of hydrogen-bond donors (Lipinski definition) is 2. The van der Waals surface area contributed by atoms with Crippen LogP contribution in [-0.4, -0.2) is 64.8 Å². The first-order valence-electron chi connectivity index (χ1n) is 6.25. The van der Waals surface area contributed by atoms with Crippen molar-refractivity contribution in [2.45, 2.75) is 18.6 Å². The summed E-state index contributed by atoms with van der Waals surface area (Å²) in [6, 6.07) is 2.17. The van der Waals surface area contributed by atoms with Gasteiger partial charge >= 0.3 is 5.97 Å². The highest BCUT2D eigenvalue weighted by Gasteiger charge is 2.39. The van der Waals surface area contributed by atoms with E-state index >= 15 is 0 Å². The fourth-order valence-electron chi connectivity index (χ4n) is 2.23. The number of hydrogen-bond acceptors (Lipinski definition) is 5. The van der Waals surface area contributed by atoms with Gasteiger partial charge in [0.1, 0.15) is 11.9 Å². The van der Waals surface area contributed by atoms with Crippen LogP contribution < -0.4 is 4.90 Å². The summed E-state index contributed by atoms with van der Waals surface area (Å²) in [5.41, 5.74) is 0.365. The minimum atomic E-state index is -1.10. The molecule has 1 fully saturated rings. The molecule has 0 aromatic carbocycles. The fourth-order valence-corrected chi connectivity index (χ4v) is 2.23. The van der Waals surface area contributed by atoms with Gasteiger partial charge in [-0.05, 0) is 12.1 Å². The molecule has 7 heteroatoms. The van der Waals surface area contributed by atoms with Crippen molar-refractivity contribution in [1.82, 2.24) is 9.88 Å². The molecule has 1 amide bonds. The predicted octanol–water partition coefficient (Wildman–Crippen LogP) is -0.192. The van der Waals surface area contributed by atoms with Gasteiger partial charge in [-0.15, -0.1) is 0 Å². The summed E-state index contributed by atoms with van der Waals surface area (Å²) < 4.78 is 0. The van der Waals surface area contributed by atoms with Crippen LogP contribution in [0.4, 0.5) is 5.82 Å². The van der Waals surface area contributed by atoms with Crippen LogP contribution in [0.25, 0.3) is 0 Å². The first-order valence-corrected chi connectivity index (χ1v) is 6.25. The van der Waals surface area contributed by atoms with Gasteiger partial charge in [0.15, 0.2) is 0 Å². The topological polar surface area (TPSA) is 94.0 Å². The number of amides is 1. The lowest BCUT2D eigenvalue weighted by atomic mass is 10.2. The molecular weight excluding hydrogens is 262 g/mol. The van der Waals surface area contributed by atoms with Crippen LogP contribution in [-0.2, 0) is 4.79 Å². The van der Waals surface area contributed by atoms with Crippen molar-refractivity contribution in [3.8, 4) is 0 Å². The highest BCUT2D eigenvalue weighted by Crippen LogP contribution is 2.22. The van der Waals surface area contributed by atoms with Crippen LogP contribution in [0.15, 0.2) is 18.3 Å². The molecule has 1 aromatic rings. The SMILES string of the molecule is CN(C)c1cc(C(=O)N2CC(O)CC2C(=O)O)ccn1. The Morgan fingerprint density at radius 3 is 2.75 bits per heavy atom. The second-order valence-corrected chi connectivity index (χ2v) is 5.00. The molecule has 0 aliphatic carbocycles. The molecule has 20 heavy (non-hydrogen) atoms. The molecule has 2 atom stereocenters. The normalized spacial score (nSPS) is 21.9. The molecule has 0 bridgehead atoms. The van der Waals surface area contributed by atoms with E-state index in [1.807, 2.05) is 0 Å². The highest BCUT2D eigenvalue weighted by atomic mass is 16.4. The standard InChI is InChI=1S/C13H17N3O4/c1-15(2)11-5-8(3-4-14-11)12(18)16-7-9(17)6-10(16)13(19)20/h3-5,9-10,17H,6-7H2,1-2H3,(H,19,20). The van der Waals surface area contributed by atoms with E-state index in [1.165, 1.54) is 11.1 Å². The molecule has 2 heterocycles. The molecule has 108 valence electrons. The van der Waals surface area contributed by atoms with E-state index in [-0.39, 0.29) is 13.0 Å². The number of aliphatic hydroxyl groups is 1. The number of β-amino-alcohol motifs (C(OH)–C–C–N with tert-alkyl or cyclic N) is 1. The van der Waals surface area contributed by atoms with Gasteiger partial charge in [-0.3, -0.25) is 4.79 Å². The molecule has 2 N–H and O–H groups in total. The molecule has 1 aliphatic rings. The molecule has 0 saturated carbocycles. The van der Waals surface area contributed by atoms with Gasteiger partial charge in [-0.1, -0.05) is 0 Å². The number of nitrogens with zero attached hydrogens (tertiary/aromatic N) is 3. The number of carboxylic acids is 1. The smallest absolute Gasteiger partial charge is 0.326 e. The second kappa shape index (κ2) is 5.46. The Kier molecular flexibility index (Phi) is 3.89. The highest BCUT2D eigenvalue weighted by molar-refractivity contribution is 5.97. The number of aliphatic hydroxyl groups excluding tert-OH is 1. The van der Waals surface area contributed by atoms with Crippen molar-refractivity contribution in [3.05, 3.63) is 23.9 Å². The van der Waals surface area contributed by atoms with Crippen molar-refractivity contribution < 1.29 is 19.8 Å². The number of carbonyl (C=O) groups excluding carboxylic acids is 1. The Bertz CT molecular complexity index is 532. The monoisotopic (exact) mass is 279 g/mol. The van der Waals surface area contributed by atoms with Crippen molar-refractivity contribution >= 4 is 17.7 Å². The Balaban J connectivity index is 2.26. The van der Waals surface area contributed by atoms with Gasteiger partial charge in [0, 0.05) is 38.8 Å². The Hall–Kier alpha value is -2.15. The fraction of sp³-hybridized carbons (Fsp3) is 0.462. The van der Waals surface area contributed by atoms with Gasteiger partial charge < -0.3 is 20.0 Å². The Labute approximate surface area is 116 Å². The van der Waals surface area contributed by atoms with Gasteiger partial charge in [-0.2, -0.15) is 0 Å². The number of likely N-dealkylation sites (tertiary alicyclic amines) is 1. The van der Waals surface area contributed by atoms with E-state index in [4.69, 9.17) is 5.11 Å². The maximum Gasteiger partial charge on any atom is 0.326 e. The van der Waals surface area contributed by atoms with Gasteiger partial charge in [0.05, 0.1) is 6.10 Å². The molecule has 1 saturated heterocycles. The summed E-state index contributed by atoms with van der Waals surface area (Å²) in [5.74, 6) is -0.890. The number of carboxylic acid groups (broad SMARTS) is 1. The summed E-state index contributed by atoms with van der Waals surface area (Å²) >= 11 is 0. The average molecular weight is 279 g/mol. The summed E-state index contributed by atoms with van der Waals surface area (Å²) in [4.78, 5) is 30.6. The molecule has 7 nitrogen and oxygen atoms in total. The summed E-state index contributed by atoms with van der Waals surface area (Å²) in [6.45, 7) is 0.0371. The third-order valence-corrected chi connectivity index (χ3v) is 3.28.